The molecule has 1 saturated carbocycles. The van der Waals surface area contributed by atoms with Gasteiger partial charge < -0.3 is 10.6 Å². The zero-order chi connectivity index (χ0) is 15.7. The van der Waals surface area contributed by atoms with E-state index in [4.69, 9.17) is 5.73 Å². The Morgan fingerprint density at radius 3 is 2.35 bits per heavy atom. The summed E-state index contributed by atoms with van der Waals surface area (Å²) in [7, 11) is 0. The predicted octanol–water partition coefficient (Wildman–Crippen LogP) is 2.80. The topological polar surface area (TPSA) is 46.3 Å². The van der Waals surface area contributed by atoms with Crippen LogP contribution in [0.25, 0.3) is 0 Å². The Morgan fingerprint density at radius 1 is 1.35 bits per heavy atom. The van der Waals surface area contributed by atoms with Crippen LogP contribution >= 0.6 is 0 Å². The Balaban J connectivity index is 2.89. The first kappa shape index (κ1) is 17.3. The van der Waals surface area contributed by atoms with E-state index in [-0.39, 0.29) is 29.8 Å². The van der Waals surface area contributed by atoms with Crippen molar-refractivity contribution in [1.29, 1.82) is 0 Å². The molecular formula is C14H25F3N2O. The van der Waals surface area contributed by atoms with Crippen LogP contribution in [0.1, 0.15) is 40.5 Å². The summed E-state index contributed by atoms with van der Waals surface area (Å²) in [6, 6.07) is 0.00624. The first-order chi connectivity index (χ1) is 9.00. The first-order valence-electron chi connectivity index (χ1n) is 7.11. The van der Waals surface area contributed by atoms with Gasteiger partial charge in [0, 0.05) is 18.5 Å². The van der Waals surface area contributed by atoms with Gasteiger partial charge in [-0.1, -0.05) is 20.8 Å². The number of alkyl halides is 3. The van der Waals surface area contributed by atoms with Gasteiger partial charge in [-0.2, -0.15) is 13.2 Å². The Labute approximate surface area is 118 Å². The van der Waals surface area contributed by atoms with Crippen LogP contribution in [0.5, 0.6) is 0 Å². The van der Waals surface area contributed by atoms with E-state index in [0.29, 0.717) is 12.8 Å². The number of rotatable bonds is 3. The molecule has 0 aromatic carbocycles. The predicted molar refractivity (Wildman–Crippen MR) is 72.0 cm³/mol. The number of nitrogens with zero attached hydrogens (tertiary/aromatic N) is 1. The second kappa shape index (κ2) is 5.92. The fourth-order valence-corrected chi connectivity index (χ4v) is 3.07. The monoisotopic (exact) mass is 294 g/mol. The smallest absolute Gasteiger partial charge is 0.334 e. The molecule has 3 atom stereocenters. The molecule has 20 heavy (non-hydrogen) atoms. The highest BCUT2D eigenvalue weighted by molar-refractivity contribution is 5.80. The molecule has 0 aliphatic heterocycles. The van der Waals surface area contributed by atoms with E-state index in [1.807, 2.05) is 20.8 Å². The van der Waals surface area contributed by atoms with Crippen molar-refractivity contribution in [3.05, 3.63) is 0 Å². The number of carbonyl (C=O) groups is 1. The highest BCUT2D eigenvalue weighted by Gasteiger charge is 2.47. The Bertz CT molecular complexity index is 355. The molecule has 1 aliphatic carbocycles. The second-order valence-electron chi connectivity index (χ2n) is 6.37. The van der Waals surface area contributed by atoms with Gasteiger partial charge in [0.1, 0.15) is 6.54 Å². The van der Waals surface area contributed by atoms with E-state index in [1.165, 1.54) is 0 Å². The van der Waals surface area contributed by atoms with Crippen LogP contribution in [0, 0.1) is 17.3 Å². The molecule has 1 rings (SSSR count). The van der Waals surface area contributed by atoms with Crippen LogP contribution in [0.3, 0.4) is 0 Å². The lowest BCUT2D eigenvalue weighted by Crippen LogP contribution is -2.53. The number of nitrogens with two attached hydrogens (primary N) is 1. The molecule has 3 nitrogen and oxygen atoms in total. The van der Waals surface area contributed by atoms with Gasteiger partial charge in [-0.15, -0.1) is 0 Å². The third-order valence-electron chi connectivity index (χ3n) is 4.86. The molecule has 0 aromatic rings. The summed E-state index contributed by atoms with van der Waals surface area (Å²) in [6.45, 7) is 6.32. The average Bonchev–Trinajstić information content (AvgIpc) is 2.31. The summed E-state index contributed by atoms with van der Waals surface area (Å²) in [5.41, 5.74) is 5.64. The van der Waals surface area contributed by atoms with Crippen molar-refractivity contribution in [1.82, 2.24) is 4.90 Å². The third-order valence-corrected chi connectivity index (χ3v) is 4.86. The molecule has 1 fully saturated rings. The summed E-state index contributed by atoms with van der Waals surface area (Å²) >= 11 is 0. The number of carbonyl (C=O) groups excluding carboxylic acids is 1. The highest BCUT2D eigenvalue weighted by atomic mass is 19.4. The minimum absolute atomic E-state index is 0.00624. The Kier molecular flexibility index (Phi) is 5.11. The van der Waals surface area contributed by atoms with E-state index in [2.05, 4.69) is 0 Å². The number of hydrogen-bond acceptors (Lipinski definition) is 2. The summed E-state index contributed by atoms with van der Waals surface area (Å²) < 4.78 is 37.6. The van der Waals surface area contributed by atoms with Gasteiger partial charge in [0.2, 0.25) is 5.91 Å². The summed E-state index contributed by atoms with van der Waals surface area (Å²) in [5, 5.41) is 0. The van der Waals surface area contributed by atoms with Gasteiger partial charge in [0.05, 0.1) is 0 Å². The molecule has 3 unspecified atom stereocenters. The number of amides is 1. The fraction of sp³-hybridized carbons (Fsp3) is 0.929. The van der Waals surface area contributed by atoms with Crippen LogP contribution in [-0.4, -0.2) is 36.1 Å². The van der Waals surface area contributed by atoms with Crippen LogP contribution < -0.4 is 5.73 Å². The molecule has 1 amide bonds. The molecular weight excluding hydrogens is 269 g/mol. The molecule has 6 heteroatoms. The maximum absolute atomic E-state index is 12.5. The molecule has 0 saturated heterocycles. The highest BCUT2D eigenvalue weighted by Crippen LogP contribution is 2.45. The Hall–Kier alpha value is -0.780. The minimum atomic E-state index is -4.35. The van der Waals surface area contributed by atoms with Gasteiger partial charge in [-0.05, 0) is 31.1 Å². The van der Waals surface area contributed by atoms with Gasteiger partial charge in [0.25, 0.3) is 0 Å². The lowest BCUT2D eigenvalue weighted by molar-refractivity contribution is -0.168. The molecule has 0 spiro atoms. The SMILES string of the molecule is CCN(CC(F)(F)F)C(=O)C1CCC(N)C(C)C1(C)C. The molecule has 118 valence electrons. The summed E-state index contributed by atoms with van der Waals surface area (Å²) in [4.78, 5) is 13.4. The molecule has 0 aromatic heterocycles. The molecule has 2 N–H and O–H groups in total. The molecule has 0 heterocycles. The standard InChI is InChI=1S/C14H25F3N2O/c1-5-19(8-14(15,16)17)12(20)10-6-7-11(18)9(2)13(10,3)4/h9-11H,5-8,18H2,1-4H3. The quantitative estimate of drug-likeness (QED) is 0.870. The lowest BCUT2D eigenvalue weighted by Gasteiger charge is -2.47. The van der Waals surface area contributed by atoms with E-state index in [9.17, 15) is 18.0 Å². The number of halogens is 3. The largest absolute Gasteiger partial charge is 0.406 e. The summed E-state index contributed by atoms with van der Waals surface area (Å²) in [5.74, 6) is -0.678. The molecule has 1 aliphatic rings. The normalized spacial score (nSPS) is 30.1. The zero-order valence-electron chi connectivity index (χ0n) is 12.6. The van der Waals surface area contributed by atoms with Crippen molar-refractivity contribution in [2.45, 2.75) is 52.8 Å². The van der Waals surface area contributed by atoms with Crippen molar-refractivity contribution in [2.75, 3.05) is 13.1 Å². The van der Waals surface area contributed by atoms with Gasteiger partial charge in [0.15, 0.2) is 0 Å². The second-order valence-corrected chi connectivity index (χ2v) is 6.37. The van der Waals surface area contributed by atoms with Crippen LogP contribution in [0.4, 0.5) is 13.2 Å². The van der Waals surface area contributed by atoms with Crippen molar-refractivity contribution in [3.8, 4) is 0 Å². The summed E-state index contributed by atoms with van der Waals surface area (Å²) in [6.07, 6.45) is -3.11. The molecule has 0 radical (unpaired) electrons. The van der Waals surface area contributed by atoms with E-state index in [1.54, 1.807) is 6.92 Å². The zero-order valence-corrected chi connectivity index (χ0v) is 12.6. The lowest BCUT2D eigenvalue weighted by atomic mass is 9.60. The van der Waals surface area contributed by atoms with Gasteiger partial charge >= 0.3 is 6.18 Å². The van der Waals surface area contributed by atoms with Crippen LogP contribution in [-0.2, 0) is 4.79 Å². The maximum atomic E-state index is 12.5. The molecule has 0 bridgehead atoms. The van der Waals surface area contributed by atoms with Crippen molar-refractivity contribution in [2.24, 2.45) is 23.0 Å². The van der Waals surface area contributed by atoms with Gasteiger partial charge in [-0.25, -0.2) is 0 Å². The van der Waals surface area contributed by atoms with Crippen molar-refractivity contribution >= 4 is 5.91 Å². The fourth-order valence-electron chi connectivity index (χ4n) is 3.07. The van der Waals surface area contributed by atoms with E-state index >= 15 is 0 Å². The Morgan fingerprint density at radius 2 is 1.90 bits per heavy atom. The van der Waals surface area contributed by atoms with Crippen molar-refractivity contribution in [3.63, 3.8) is 0 Å². The first-order valence-corrected chi connectivity index (χ1v) is 7.11. The maximum Gasteiger partial charge on any atom is 0.406 e. The van der Waals surface area contributed by atoms with Crippen LogP contribution in [0.2, 0.25) is 0 Å². The third kappa shape index (κ3) is 3.65. The number of hydrogen-bond donors (Lipinski definition) is 1. The van der Waals surface area contributed by atoms with Crippen molar-refractivity contribution < 1.29 is 18.0 Å². The average molecular weight is 294 g/mol. The van der Waals surface area contributed by atoms with Gasteiger partial charge in [-0.3, -0.25) is 4.79 Å². The van der Waals surface area contributed by atoms with E-state index in [0.717, 1.165) is 4.90 Å². The van der Waals surface area contributed by atoms with Crippen LogP contribution in [0.15, 0.2) is 0 Å². The van der Waals surface area contributed by atoms with E-state index < -0.39 is 18.6 Å². The minimum Gasteiger partial charge on any atom is -0.334 e.